The molecule has 0 aliphatic heterocycles. The molecule has 206 valence electrons. The van der Waals surface area contributed by atoms with Gasteiger partial charge in [0.1, 0.15) is 5.71 Å². The van der Waals surface area contributed by atoms with Gasteiger partial charge in [-0.1, -0.05) is 47.6 Å². The number of aryl methyl sites for hydroxylation is 1. The summed E-state index contributed by atoms with van der Waals surface area (Å²) in [6.45, 7) is 3.89. The molecule has 0 unspecified atom stereocenters. The van der Waals surface area contributed by atoms with Crippen molar-refractivity contribution in [3.8, 4) is 0 Å². The lowest BCUT2D eigenvalue weighted by molar-refractivity contribution is -0.141. The van der Waals surface area contributed by atoms with Crippen molar-refractivity contribution >= 4 is 61.8 Å². The normalized spacial score (nSPS) is 11.6. The highest BCUT2D eigenvalue weighted by Crippen LogP contribution is 2.32. The van der Waals surface area contributed by atoms with Gasteiger partial charge in [-0.2, -0.15) is 0 Å². The van der Waals surface area contributed by atoms with Crippen molar-refractivity contribution < 1.29 is 28.8 Å². The Balaban J connectivity index is 1.60. The zero-order chi connectivity index (χ0) is 29.1. The number of carbonyl (C=O) groups is 4. The van der Waals surface area contributed by atoms with E-state index in [2.05, 4.69) is 14.5 Å². The molecule has 0 saturated heterocycles. The summed E-state index contributed by atoms with van der Waals surface area (Å²) in [7, 11) is 1.25. The second kappa shape index (κ2) is 11.6. The lowest BCUT2D eigenvalue weighted by Gasteiger charge is -2.07. The number of nitrogens with zero attached hydrogens (tertiary/aromatic N) is 2. The van der Waals surface area contributed by atoms with Crippen LogP contribution in [0.5, 0.6) is 0 Å². The Morgan fingerprint density at radius 1 is 0.780 bits per heavy atom. The summed E-state index contributed by atoms with van der Waals surface area (Å²) in [5, 5.41) is 7.22. The predicted molar refractivity (Wildman–Crippen MR) is 157 cm³/mol. The molecule has 0 N–H and O–H groups in total. The van der Waals surface area contributed by atoms with Crippen LogP contribution in [0.3, 0.4) is 0 Å². The number of aromatic nitrogens is 1. The Labute approximate surface area is 236 Å². The molecule has 0 aliphatic rings. The number of benzene rings is 4. The van der Waals surface area contributed by atoms with E-state index in [9.17, 15) is 19.2 Å². The monoisotopic (exact) mass is 548 g/mol. The van der Waals surface area contributed by atoms with Crippen LogP contribution in [0.2, 0.25) is 0 Å². The summed E-state index contributed by atoms with van der Waals surface area (Å²) in [5.41, 5.74) is 3.23. The third-order valence-corrected chi connectivity index (χ3v) is 7.08. The molecule has 0 atom stereocenters. The van der Waals surface area contributed by atoms with Gasteiger partial charge in [0.15, 0.2) is 5.78 Å². The number of hydrogen-bond donors (Lipinski definition) is 0. The van der Waals surface area contributed by atoms with E-state index >= 15 is 0 Å². The lowest BCUT2D eigenvalue weighted by atomic mass is 9.96. The van der Waals surface area contributed by atoms with Crippen molar-refractivity contribution in [2.75, 3.05) is 7.11 Å². The molecule has 8 heteroatoms. The minimum absolute atomic E-state index is 0.0583. The Morgan fingerprint density at radius 2 is 1.44 bits per heavy atom. The topological polar surface area (TPSA) is 104 Å². The van der Waals surface area contributed by atoms with Gasteiger partial charge in [-0.3, -0.25) is 14.4 Å². The highest BCUT2D eigenvalue weighted by Gasteiger charge is 2.21. The molecule has 0 saturated carbocycles. The van der Waals surface area contributed by atoms with E-state index in [4.69, 9.17) is 4.84 Å². The first-order valence-corrected chi connectivity index (χ1v) is 13.3. The molecule has 0 spiro atoms. The maximum absolute atomic E-state index is 13.7. The van der Waals surface area contributed by atoms with Crippen LogP contribution in [0, 0.1) is 0 Å². The second-order valence-corrected chi connectivity index (χ2v) is 9.59. The average molecular weight is 549 g/mol. The van der Waals surface area contributed by atoms with E-state index in [0.29, 0.717) is 23.2 Å². The van der Waals surface area contributed by atoms with Crippen LogP contribution in [-0.2, 0) is 25.7 Å². The number of methoxy groups -OCH3 is 1. The van der Waals surface area contributed by atoms with E-state index in [-0.39, 0.29) is 24.3 Å². The SMILES string of the molecule is CCn1c2ccc(C(=O)/C(CCC(=O)OC)=N\OC(C)=O)cc2c2cc(C(=O)c3cccc4ccccc34)ccc21. The van der Waals surface area contributed by atoms with Crippen molar-refractivity contribution in [3.63, 3.8) is 0 Å². The van der Waals surface area contributed by atoms with Gasteiger partial charge < -0.3 is 14.1 Å². The maximum Gasteiger partial charge on any atom is 0.331 e. The second-order valence-electron chi connectivity index (χ2n) is 9.59. The Kier molecular flexibility index (Phi) is 7.74. The number of rotatable bonds is 9. The van der Waals surface area contributed by atoms with Crippen molar-refractivity contribution in [1.82, 2.24) is 4.57 Å². The predicted octanol–water partition coefficient (Wildman–Crippen LogP) is 6.25. The smallest absolute Gasteiger partial charge is 0.331 e. The average Bonchev–Trinajstić information content (AvgIpc) is 3.31. The number of fused-ring (bicyclic) bond motifs is 4. The molecule has 1 heterocycles. The van der Waals surface area contributed by atoms with E-state index < -0.39 is 17.7 Å². The molecule has 0 bridgehead atoms. The fourth-order valence-electron chi connectivity index (χ4n) is 5.12. The number of esters is 1. The minimum atomic E-state index is -0.682. The van der Waals surface area contributed by atoms with Gasteiger partial charge in [-0.25, -0.2) is 4.79 Å². The number of ether oxygens (including phenoxy) is 1. The first-order valence-electron chi connectivity index (χ1n) is 13.3. The van der Waals surface area contributed by atoms with E-state index in [0.717, 1.165) is 32.6 Å². The maximum atomic E-state index is 13.7. The van der Waals surface area contributed by atoms with Gasteiger partial charge in [0.05, 0.1) is 13.5 Å². The van der Waals surface area contributed by atoms with Crippen molar-refractivity contribution in [3.05, 3.63) is 95.6 Å². The minimum Gasteiger partial charge on any atom is -0.469 e. The standard InChI is InChI=1S/C33H28N2O6/c1-4-35-29-15-12-22(32(38)25-11-7-9-21-8-5-6-10-24(21)25)18-26(29)27-19-23(13-16-30(27)35)33(39)28(34-41-20(2)36)14-17-31(37)40-3/h5-13,15-16,18-19H,4,14,17H2,1-3H3/b34-28-. The molecule has 8 nitrogen and oxygen atoms in total. The van der Waals surface area contributed by atoms with Crippen LogP contribution in [0.25, 0.3) is 32.6 Å². The third kappa shape index (κ3) is 5.36. The molecule has 5 rings (SSSR count). The molecular weight excluding hydrogens is 520 g/mol. The van der Waals surface area contributed by atoms with Gasteiger partial charge in [0, 0.05) is 58.4 Å². The number of Topliss-reactive ketones (excluding diaryl/α,β-unsaturated/α-hetero) is 1. The third-order valence-electron chi connectivity index (χ3n) is 7.08. The van der Waals surface area contributed by atoms with Crippen molar-refractivity contribution in [2.24, 2.45) is 5.16 Å². The Hall–Kier alpha value is -5.11. The summed E-state index contributed by atoms with van der Waals surface area (Å²) in [4.78, 5) is 55.0. The number of carbonyl (C=O) groups excluding carboxylic acids is 4. The van der Waals surface area contributed by atoms with Gasteiger partial charge in [-0.05, 0) is 54.1 Å². The zero-order valence-electron chi connectivity index (χ0n) is 23.0. The summed E-state index contributed by atoms with van der Waals surface area (Å²) in [6.07, 6.45) is -0.156. The number of ketones is 2. The Bertz CT molecular complexity index is 1880. The molecule has 5 aromatic rings. The molecule has 0 fully saturated rings. The van der Waals surface area contributed by atoms with E-state index in [1.807, 2.05) is 73.7 Å². The van der Waals surface area contributed by atoms with Gasteiger partial charge in [0.25, 0.3) is 0 Å². The van der Waals surface area contributed by atoms with E-state index in [1.54, 1.807) is 12.1 Å². The van der Waals surface area contributed by atoms with Gasteiger partial charge in [0.2, 0.25) is 5.78 Å². The molecule has 0 radical (unpaired) electrons. The summed E-state index contributed by atoms with van der Waals surface area (Å²) < 4.78 is 6.80. The molecule has 0 aliphatic carbocycles. The first-order chi connectivity index (χ1) is 19.8. The Morgan fingerprint density at radius 3 is 2.12 bits per heavy atom. The first kappa shape index (κ1) is 27.5. The molecule has 0 amide bonds. The van der Waals surface area contributed by atoms with Crippen molar-refractivity contribution in [1.29, 1.82) is 0 Å². The summed E-state index contributed by atoms with van der Waals surface area (Å²) in [6, 6.07) is 24.4. The lowest BCUT2D eigenvalue weighted by Crippen LogP contribution is -2.17. The highest BCUT2D eigenvalue weighted by atomic mass is 16.7. The van der Waals surface area contributed by atoms with Crippen LogP contribution in [0.4, 0.5) is 0 Å². The fraction of sp³-hybridized carbons (Fsp3) is 0.182. The largest absolute Gasteiger partial charge is 0.469 e. The molecule has 1 aromatic heterocycles. The quantitative estimate of drug-likeness (QED) is 0.0709. The van der Waals surface area contributed by atoms with Crippen LogP contribution in [0.15, 0.2) is 84.0 Å². The van der Waals surface area contributed by atoms with Gasteiger partial charge in [-0.15, -0.1) is 0 Å². The number of oxime groups is 1. The van der Waals surface area contributed by atoms with Crippen molar-refractivity contribution in [2.45, 2.75) is 33.2 Å². The number of hydrogen-bond acceptors (Lipinski definition) is 7. The molecular formula is C33H28N2O6. The van der Waals surface area contributed by atoms with Crippen LogP contribution >= 0.6 is 0 Å². The zero-order valence-corrected chi connectivity index (χ0v) is 23.0. The van der Waals surface area contributed by atoms with Crippen LogP contribution in [-0.4, -0.2) is 40.9 Å². The molecule has 4 aromatic carbocycles. The summed E-state index contributed by atoms with van der Waals surface area (Å²) >= 11 is 0. The van der Waals surface area contributed by atoms with Gasteiger partial charge >= 0.3 is 11.9 Å². The van der Waals surface area contributed by atoms with E-state index in [1.165, 1.54) is 14.0 Å². The molecule has 41 heavy (non-hydrogen) atoms. The van der Waals surface area contributed by atoms with Crippen LogP contribution < -0.4 is 0 Å². The van der Waals surface area contributed by atoms with Crippen LogP contribution in [0.1, 0.15) is 53.0 Å². The fourth-order valence-corrected chi connectivity index (χ4v) is 5.12. The highest BCUT2D eigenvalue weighted by molar-refractivity contribution is 6.46. The summed E-state index contributed by atoms with van der Waals surface area (Å²) in [5.74, 6) is -1.76.